The van der Waals surface area contributed by atoms with E-state index in [1.54, 1.807) is 12.1 Å². The van der Waals surface area contributed by atoms with Crippen molar-refractivity contribution in [1.29, 1.82) is 10.5 Å². The molecule has 1 aromatic rings. The summed E-state index contributed by atoms with van der Waals surface area (Å²) < 4.78 is 0. The van der Waals surface area contributed by atoms with E-state index in [0.717, 1.165) is 4.90 Å². The molecule has 1 N–H and O–H groups in total. The number of amides is 1. The molecule has 0 spiro atoms. The zero-order valence-corrected chi connectivity index (χ0v) is 9.33. The predicted octanol–water partition coefficient (Wildman–Crippen LogP) is 0.874. The number of carbonyl (C=O) groups excluding carboxylic acids is 1. The smallest absolute Gasteiger partial charge is 0.335 e. The van der Waals surface area contributed by atoms with Crippen LogP contribution in [0, 0.1) is 22.7 Å². The Morgan fingerprint density at radius 2 is 1.72 bits per heavy atom. The Bertz CT molecular complexity index is 538. The van der Waals surface area contributed by atoms with E-state index in [9.17, 15) is 9.59 Å². The molecule has 6 heteroatoms. The molecule has 1 rings (SSSR count). The summed E-state index contributed by atoms with van der Waals surface area (Å²) in [5.74, 6) is -1.68. The number of carbonyl (C=O) groups is 2. The molecule has 0 aliphatic rings. The first kappa shape index (κ1) is 13.2. The summed E-state index contributed by atoms with van der Waals surface area (Å²) in [6.07, 6.45) is 0. The Morgan fingerprint density at radius 3 is 2.22 bits per heavy atom. The van der Waals surface area contributed by atoms with Crippen LogP contribution in [0.3, 0.4) is 0 Å². The van der Waals surface area contributed by atoms with Crippen molar-refractivity contribution >= 4 is 11.9 Å². The number of rotatable bonds is 4. The number of carboxylic acid groups (broad SMARTS) is 1. The van der Waals surface area contributed by atoms with Crippen LogP contribution < -0.4 is 0 Å². The first-order valence-corrected chi connectivity index (χ1v) is 4.96. The second kappa shape index (κ2) is 6.02. The highest BCUT2D eigenvalue weighted by atomic mass is 16.4. The first-order chi connectivity index (χ1) is 8.60. The van der Waals surface area contributed by atoms with Gasteiger partial charge in [0.05, 0.1) is 17.7 Å². The molecule has 1 amide bonds. The fourth-order valence-corrected chi connectivity index (χ4v) is 1.34. The zero-order valence-electron chi connectivity index (χ0n) is 9.33. The van der Waals surface area contributed by atoms with Gasteiger partial charge in [0.25, 0.3) is 5.91 Å². The van der Waals surface area contributed by atoms with Gasteiger partial charge in [0.15, 0.2) is 0 Å². The van der Waals surface area contributed by atoms with Gasteiger partial charge >= 0.3 is 5.97 Å². The maximum atomic E-state index is 11.9. The SMILES string of the molecule is N#CCN(CC#N)C(=O)c1cccc(C(=O)O)c1. The number of nitrogens with zero attached hydrogens (tertiary/aromatic N) is 3. The Kier molecular flexibility index (Phi) is 4.42. The molecule has 18 heavy (non-hydrogen) atoms. The Hall–Kier alpha value is -2.86. The maximum absolute atomic E-state index is 11.9. The monoisotopic (exact) mass is 243 g/mol. The third kappa shape index (κ3) is 3.06. The minimum absolute atomic E-state index is 0.0188. The van der Waals surface area contributed by atoms with Crippen LogP contribution in [0.5, 0.6) is 0 Å². The van der Waals surface area contributed by atoms with Gasteiger partial charge in [-0.2, -0.15) is 10.5 Å². The van der Waals surface area contributed by atoms with Gasteiger partial charge in [0, 0.05) is 5.56 Å². The van der Waals surface area contributed by atoms with E-state index < -0.39 is 11.9 Å². The number of hydrogen-bond donors (Lipinski definition) is 1. The topological polar surface area (TPSA) is 105 Å². The minimum atomic E-state index is -1.14. The third-order valence-corrected chi connectivity index (χ3v) is 2.17. The average Bonchev–Trinajstić information content (AvgIpc) is 2.38. The standard InChI is InChI=1S/C12H9N3O3/c13-4-6-15(7-5-14)11(16)9-2-1-3-10(8-9)12(17)18/h1-3,8H,6-7H2,(H,17,18). The van der Waals surface area contributed by atoms with Gasteiger partial charge < -0.3 is 10.0 Å². The number of benzene rings is 1. The van der Waals surface area contributed by atoms with Crippen molar-refractivity contribution in [2.45, 2.75) is 0 Å². The minimum Gasteiger partial charge on any atom is -0.478 e. The lowest BCUT2D eigenvalue weighted by Crippen LogP contribution is -2.31. The summed E-state index contributed by atoms with van der Waals surface area (Å²) in [6.45, 7) is -0.437. The van der Waals surface area contributed by atoms with Gasteiger partial charge in [-0.25, -0.2) is 4.79 Å². The number of aromatic carboxylic acids is 1. The van der Waals surface area contributed by atoms with Crippen LogP contribution in [0.4, 0.5) is 0 Å². The summed E-state index contributed by atoms with van der Waals surface area (Å²) in [5, 5.41) is 25.9. The second-order valence-corrected chi connectivity index (χ2v) is 3.36. The van der Waals surface area contributed by atoms with Crippen LogP contribution in [0.25, 0.3) is 0 Å². The van der Waals surface area contributed by atoms with E-state index in [1.807, 2.05) is 0 Å². The lowest BCUT2D eigenvalue weighted by Gasteiger charge is -2.15. The fraction of sp³-hybridized carbons (Fsp3) is 0.167. The molecule has 0 saturated carbocycles. The van der Waals surface area contributed by atoms with Crippen LogP contribution in [-0.4, -0.2) is 35.0 Å². The van der Waals surface area contributed by atoms with Crippen LogP contribution in [0.1, 0.15) is 20.7 Å². The summed E-state index contributed by atoms with van der Waals surface area (Å²) >= 11 is 0. The molecule has 0 aliphatic carbocycles. The molecule has 0 bridgehead atoms. The van der Waals surface area contributed by atoms with Gasteiger partial charge in [-0.15, -0.1) is 0 Å². The quantitative estimate of drug-likeness (QED) is 0.790. The lowest BCUT2D eigenvalue weighted by molar-refractivity contribution is 0.0697. The van der Waals surface area contributed by atoms with E-state index in [-0.39, 0.29) is 24.2 Å². The molecule has 0 saturated heterocycles. The Balaban J connectivity index is 3.02. The van der Waals surface area contributed by atoms with Crippen LogP contribution in [0.15, 0.2) is 24.3 Å². The van der Waals surface area contributed by atoms with Crippen molar-refractivity contribution in [2.75, 3.05) is 13.1 Å². The van der Waals surface area contributed by atoms with E-state index in [0.29, 0.717) is 0 Å². The molecule has 90 valence electrons. The highest BCUT2D eigenvalue weighted by Gasteiger charge is 2.16. The summed E-state index contributed by atoms with van der Waals surface area (Å²) in [4.78, 5) is 23.7. The largest absolute Gasteiger partial charge is 0.478 e. The third-order valence-electron chi connectivity index (χ3n) is 2.17. The molecule has 0 heterocycles. The summed E-state index contributed by atoms with van der Waals surface area (Å²) in [7, 11) is 0. The molecule has 0 aromatic heterocycles. The Morgan fingerprint density at radius 1 is 1.17 bits per heavy atom. The Labute approximate surface area is 103 Å². The predicted molar refractivity (Wildman–Crippen MR) is 60.5 cm³/mol. The van der Waals surface area contributed by atoms with Crippen molar-refractivity contribution in [2.24, 2.45) is 0 Å². The highest BCUT2D eigenvalue weighted by Crippen LogP contribution is 2.08. The molecule has 0 aliphatic heterocycles. The fourth-order valence-electron chi connectivity index (χ4n) is 1.34. The van der Waals surface area contributed by atoms with Gasteiger partial charge in [0.1, 0.15) is 13.1 Å². The normalized spacial score (nSPS) is 9.00. The van der Waals surface area contributed by atoms with Crippen molar-refractivity contribution in [3.8, 4) is 12.1 Å². The van der Waals surface area contributed by atoms with Crippen molar-refractivity contribution in [3.05, 3.63) is 35.4 Å². The van der Waals surface area contributed by atoms with Crippen LogP contribution in [0.2, 0.25) is 0 Å². The number of hydrogen-bond acceptors (Lipinski definition) is 4. The molecule has 0 radical (unpaired) electrons. The van der Waals surface area contributed by atoms with E-state index in [2.05, 4.69) is 0 Å². The average molecular weight is 243 g/mol. The molecule has 0 unspecified atom stereocenters. The summed E-state index contributed by atoms with van der Waals surface area (Å²) in [5.41, 5.74) is 0.120. The summed E-state index contributed by atoms with van der Waals surface area (Å²) in [6, 6.07) is 9.01. The van der Waals surface area contributed by atoms with Crippen LogP contribution >= 0.6 is 0 Å². The zero-order chi connectivity index (χ0) is 13.5. The maximum Gasteiger partial charge on any atom is 0.335 e. The number of carboxylic acids is 1. The van der Waals surface area contributed by atoms with Crippen molar-refractivity contribution in [1.82, 2.24) is 4.90 Å². The van der Waals surface area contributed by atoms with E-state index >= 15 is 0 Å². The van der Waals surface area contributed by atoms with Crippen molar-refractivity contribution in [3.63, 3.8) is 0 Å². The first-order valence-electron chi connectivity index (χ1n) is 4.96. The van der Waals surface area contributed by atoms with E-state index in [1.165, 1.54) is 24.3 Å². The van der Waals surface area contributed by atoms with Crippen LogP contribution in [-0.2, 0) is 0 Å². The molecule has 0 atom stereocenters. The second-order valence-electron chi connectivity index (χ2n) is 3.36. The number of nitriles is 2. The molecular formula is C12H9N3O3. The highest BCUT2D eigenvalue weighted by molar-refractivity contribution is 5.97. The lowest BCUT2D eigenvalue weighted by atomic mass is 10.1. The van der Waals surface area contributed by atoms with Gasteiger partial charge in [0.2, 0.25) is 0 Å². The molecular weight excluding hydrogens is 234 g/mol. The van der Waals surface area contributed by atoms with Gasteiger partial charge in [-0.05, 0) is 18.2 Å². The van der Waals surface area contributed by atoms with Gasteiger partial charge in [-0.3, -0.25) is 4.79 Å². The van der Waals surface area contributed by atoms with E-state index in [4.69, 9.17) is 15.6 Å². The van der Waals surface area contributed by atoms with Crippen molar-refractivity contribution < 1.29 is 14.7 Å². The van der Waals surface area contributed by atoms with Gasteiger partial charge in [-0.1, -0.05) is 6.07 Å². The molecule has 6 nitrogen and oxygen atoms in total. The molecule has 0 fully saturated rings. The molecule has 1 aromatic carbocycles.